The van der Waals surface area contributed by atoms with Gasteiger partial charge in [0, 0.05) is 5.69 Å². The van der Waals surface area contributed by atoms with Gasteiger partial charge >= 0.3 is 0 Å². The molecule has 18 heavy (non-hydrogen) atoms. The summed E-state index contributed by atoms with van der Waals surface area (Å²) in [7, 11) is 0. The molecule has 0 aliphatic rings. The minimum absolute atomic E-state index is 0.111. The van der Waals surface area contributed by atoms with Gasteiger partial charge in [0.2, 0.25) is 5.91 Å². The number of hydrogen-bond acceptors (Lipinski definition) is 3. The van der Waals surface area contributed by atoms with Crippen molar-refractivity contribution in [3.05, 3.63) is 53.9 Å². The predicted octanol–water partition coefficient (Wildman–Crippen LogP) is 2.28. The SMILES string of the molecule is Cc1cc(O)cnc1CC(=O)Nc1ccccc1. The molecule has 0 aliphatic carbocycles. The molecule has 0 spiro atoms. The number of carbonyl (C=O) groups excluding carboxylic acids is 1. The number of anilines is 1. The number of amides is 1. The van der Waals surface area contributed by atoms with E-state index in [1.165, 1.54) is 6.20 Å². The van der Waals surface area contributed by atoms with Gasteiger partial charge in [0.15, 0.2) is 0 Å². The summed E-state index contributed by atoms with van der Waals surface area (Å²) in [4.78, 5) is 15.9. The van der Waals surface area contributed by atoms with Crippen LogP contribution in [0.1, 0.15) is 11.3 Å². The molecule has 0 saturated carbocycles. The first-order chi connectivity index (χ1) is 8.65. The Morgan fingerprint density at radius 3 is 2.72 bits per heavy atom. The normalized spacial score (nSPS) is 10.1. The number of carbonyl (C=O) groups is 1. The molecule has 0 fully saturated rings. The second-order valence-electron chi connectivity index (χ2n) is 4.05. The van der Waals surface area contributed by atoms with Crippen molar-refractivity contribution in [2.24, 2.45) is 0 Å². The molecule has 0 bridgehead atoms. The van der Waals surface area contributed by atoms with Crippen LogP contribution in [0.25, 0.3) is 0 Å². The van der Waals surface area contributed by atoms with Gasteiger partial charge in [-0.05, 0) is 30.7 Å². The van der Waals surface area contributed by atoms with Crippen LogP contribution in [0, 0.1) is 6.92 Å². The minimum atomic E-state index is -0.123. The molecule has 0 aliphatic heterocycles. The van der Waals surface area contributed by atoms with Gasteiger partial charge in [0.1, 0.15) is 5.75 Å². The van der Waals surface area contributed by atoms with E-state index in [4.69, 9.17) is 0 Å². The highest BCUT2D eigenvalue weighted by atomic mass is 16.3. The maximum Gasteiger partial charge on any atom is 0.230 e. The Bertz CT molecular complexity index is 553. The van der Waals surface area contributed by atoms with Gasteiger partial charge in [0.25, 0.3) is 0 Å². The van der Waals surface area contributed by atoms with Crippen molar-refractivity contribution in [2.75, 3.05) is 5.32 Å². The summed E-state index contributed by atoms with van der Waals surface area (Å²) in [5, 5.41) is 12.0. The second kappa shape index (κ2) is 5.31. The fraction of sp³-hybridized carbons (Fsp3) is 0.143. The molecule has 0 atom stereocenters. The fourth-order valence-corrected chi connectivity index (χ4v) is 1.65. The highest BCUT2D eigenvalue weighted by Crippen LogP contribution is 2.13. The summed E-state index contributed by atoms with van der Waals surface area (Å²) in [6, 6.07) is 10.9. The number of aromatic hydroxyl groups is 1. The van der Waals surface area contributed by atoms with Gasteiger partial charge in [-0.25, -0.2) is 0 Å². The lowest BCUT2D eigenvalue weighted by Crippen LogP contribution is -2.15. The lowest BCUT2D eigenvalue weighted by molar-refractivity contribution is -0.115. The van der Waals surface area contributed by atoms with Crippen LogP contribution in [0.15, 0.2) is 42.6 Å². The first-order valence-electron chi connectivity index (χ1n) is 5.64. The smallest absolute Gasteiger partial charge is 0.230 e. The number of nitrogens with one attached hydrogen (secondary N) is 1. The van der Waals surface area contributed by atoms with Crippen LogP contribution in [0.2, 0.25) is 0 Å². The van der Waals surface area contributed by atoms with Gasteiger partial charge in [-0.2, -0.15) is 0 Å². The molecule has 0 unspecified atom stereocenters. The average molecular weight is 242 g/mol. The van der Waals surface area contributed by atoms with Gasteiger partial charge in [-0.1, -0.05) is 18.2 Å². The molecule has 1 aromatic heterocycles. The van der Waals surface area contributed by atoms with Crippen molar-refractivity contribution in [3.63, 3.8) is 0 Å². The number of aromatic nitrogens is 1. The third-order valence-electron chi connectivity index (χ3n) is 2.56. The Labute approximate surface area is 105 Å². The number of aryl methyl sites for hydroxylation is 1. The van der Waals surface area contributed by atoms with E-state index in [1.54, 1.807) is 6.07 Å². The summed E-state index contributed by atoms with van der Waals surface area (Å²) in [5.74, 6) is -0.0118. The molecule has 1 heterocycles. The maximum absolute atomic E-state index is 11.8. The average Bonchev–Trinajstić information content (AvgIpc) is 2.34. The van der Waals surface area contributed by atoms with Crippen LogP contribution < -0.4 is 5.32 Å². The van der Waals surface area contributed by atoms with Crippen molar-refractivity contribution < 1.29 is 9.90 Å². The van der Waals surface area contributed by atoms with Gasteiger partial charge < -0.3 is 10.4 Å². The molecular formula is C14H14N2O2. The van der Waals surface area contributed by atoms with E-state index in [1.807, 2.05) is 37.3 Å². The van der Waals surface area contributed by atoms with E-state index in [2.05, 4.69) is 10.3 Å². The molecular weight excluding hydrogens is 228 g/mol. The molecule has 4 nitrogen and oxygen atoms in total. The zero-order valence-electron chi connectivity index (χ0n) is 10.1. The summed E-state index contributed by atoms with van der Waals surface area (Å²) in [6.45, 7) is 1.82. The van der Waals surface area contributed by atoms with E-state index < -0.39 is 0 Å². The second-order valence-corrected chi connectivity index (χ2v) is 4.05. The largest absolute Gasteiger partial charge is 0.506 e. The van der Waals surface area contributed by atoms with E-state index in [9.17, 15) is 9.90 Å². The Balaban J connectivity index is 2.03. The van der Waals surface area contributed by atoms with Gasteiger partial charge in [0.05, 0.1) is 18.3 Å². The third-order valence-corrected chi connectivity index (χ3v) is 2.56. The van der Waals surface area contributed by atoms with Crippen LogP contribution in [0.3, 0.4) is 0 Å². The van der Waals surface area contributed by atoms with E-state index in [0.29, 0.717) is 5.69 Å². The maximum atomic E-state index is 11.8. The first-order valence-corrected chi connectivity index (χ1v) is 5.64. The lowest BCUT2D eigenvalue weighted by atomic mass is 10.1. The Morgan fingerprint density at radius 2 is 2.06 bits per heavy atom. The number of nitrogens with zero attached hydrogens (tertiary/aromatic N) is 1. The predicted molar refractivity (Wildman–Crippen MR) is 69.4 cm³/mol. The summed E-state index contributed by atoms with van der Waals surface area (Å²) in [5.41, 5.74) is 2.23. The quantitative estimate of drug-likeness (QED) is 0.868. The van der Waals surface area contributed by atoms with E-state index in [-0.39, 0.29) is 18.1 Å². The summed E-state index contributed by atoms with van der Waals surface area (Å²) in [6.07, 6.45) is 1.54. The monoisotopic (exact) mass is 242 g/mol. The molecule has 2 rings (SSSR count). The molecule has 1 aromatic carbocycles. The Morgan fingerprint density at radius 1 is 1.33 bits per heavy atom. The van der Waals surface area contributed by atoms with Crippen molar-refractivity contribution in [1.82, 2.24) is 4.98 Å². The topological polar surface area (TPSA) is 62.2 Å². The fourth-order valence-electron chi connectivity index (χ4n) is 1.65. The van der Waals surface area contributed by atoms with Crippen molar-refractivity contribution >= 4 is 11.6 Å². The number of rotatable bonds is 3. The molecule has 92 valence electrons. The van der Waals surface area contributed by atoms with E-state index >= 15 is 0 Å². The van der Waals surface area contributed by atoms with Crippen LogP contribution in [0.4, 0.5) is 5.69 Å². The Kier molecular flexibility index (Phi) is 3.57. The molecule has 2 N–H and O–H groups in total. The zero-order chi connectivity index (χ0) is 13.0. The molecule has 1 amide bonds. The van der Waals surface area contributed by atoms with Crippen molar-refractivity contribution in [2.45, 2.75) is 13.3 Å². The van der Waals surface area contributed by atoms with Gasteiger partial charge in [-0.3, -0.25) is 9.78 Å². The van der Waals surface area contributed by atoms with Crippen LogP contribution in [-0.4, -0.2) is 16.0 Å². The van der Waals surface area contributed by atoms with Crippen LogP contribution >= 0.6 is 0 Å². The highest BCUT2D eigenvalue weighted by Gasteiger charge is 2.08. The third kappa shape index (κ3) is 3.07. The Hall–Kier alpha value is -2.36. The standard InChI is InChI=1S/C14H14N2O2/c1-10-7-12(17)9-15-13(10)8-14(18)16-11-5-3-2-4-6-11/h2-7,9,17H,8H2,1H3,(H,16,18). The van der Waals surface area contributed by atoms with E-state index in [0.717, 1.165) is 11.3 Å². The molecule has 4 heteroatoms. The number of para-hydroxylation sites is 1. The zero-order valence-corrected chi connectivity index (χ0v) is 10.1. The summed E-state index contributed by atoms with van der Waals surface area (Å²) >= 11 is 0. The van der Waals surface area contributed by atoms with Gasteiger partial charge in [-0.15, -0.1) is 0 Å². The first kappa shape index (κ1) is 12.1. The molecule has 0 saturated heterocycles. The lowest BCUT2D eigenvalue weighted by Gasteiger charge is -2.06. The van der Waals surface area contributed by atoms with Crippen molar-refractivity contribution in [1.29, 1.82) is 0 Å². The molecule has 0 radical (unpaired) electrons. The highest BCUT2D eigenvalue weighted by molar-refractivity contribution is 5.92. The number of benzene rings is 1. The van der Waals surface area contributed by atoms with Crippen LogP contribution in [-0.2, 0) is 11.2 Å². The number of pyridine rings is 1. The minimum Gasteiger partial charge on any atom is -0.506 e. The van der Waals surface area contributed by atoms with Crippen LogP contribution in [0.5, 0.6) is 5.75 Å². The summed E-state index contributed by atoms with van der Waals surface area (Å²) < 4.78 is 0. The molecule has 2 aromatic rings. The number of hydrogen-bond donors (Lipinski definition) is 2. The van der Waals surface area contributed by atoms with Crippen molar-refractivity contribution in [3.8, 4) is 5.75 Å².